The van der Waals surface area contributed by atoms with E-state index in [0.717, 1.165) is 47.4 Å². The number of fused-ring (bicyclic) bond motifs is 1. The minimum absolute atomic E-state index is 0.0573. The molecule has 0 aliphatic carbocycles. The summed E-state index contributed by atoms with van der Waals surface area (Å²) < 4.78 is 3.20. The molecule has 9 nitrogen and oxygen atoms in total. The van der Waals surface area contributed by atoms with Crippen molar-refractivity contribution >= 4 is 22.7 Å². The largest absolute Gasteiger partial charge is 0.356 e. The average Bonchev–Trinajstić information content (AvgIpc) is 3.38. The van der Waals surface area contributed by atoms with Crippen LogP contribution < -0.4 is 10.9 Å². The summed E-state index contributed by atoms with van der Waals surface area (Å²) in [5.74, 6) is 0.147. The lowest BCUT2D eigenvalue weighted by Gasteiger charge is -2.15. The van der Waals surface area contributed by atoms with Crippen molar-refractivity contribution in [3.05, 3.63) is 51.6 Å². The van der Waals surface area contributed by atoms with Gasteiger partial charge in [0.05, 0.1) is 22.5 Å². The average molecular weight is 465 g/mol. The minimum Gasteiger partial charge on any atom is -0.356 e. The Hall–Kier alpha value is -3.49. The van der Waals surface area contributed by atoms with Crippen LogP contribution in [0, 0.1) is 20.8 Å². The number of rotatable bonds is 9. The van der Waals surface area contributed by atoms with Crippen molar-refractivity contribution in [3.8, 4) is 5.69 Å². The van der Waals surface area contributed by atoms with Crippen LogP contribution in [0.4, 0.5) is 0 Å². The van der Waals surface area contributed by atoms with Gasteiger partial charge in [0.15, 0.2) is 5.52 Å². The zero-order chi connectivity index (χ0) is 24.2. The Kier molecular flexibility index (Phi) is 7.09. The van der Waals surface area contributed by atoms with Gasteiger partial charge < -0.3 is 10.2 Å². The van der Waals surface area contributed by atoms with Crippen LogP contribution in [0.5, 0.6) is 0 Å². The summed E-state index contributed by atoms with van der Waals surface area (Å²) in [5.41, 5.74) is 3.82. The molecule has 1 fully saturated rings. The highest BCUT2D eigenvalue weighted by Crippen LogP contribution is 2.21. The van der Waals surface area contributed by atoms with Gasteiger partial charge in [-0.1, -0.05) is 17.7 Å². The summed E-state index contributed by atoms with van der Waals surface area (Å²) in [6.07, 6.45) is 3.13. The van der Waals surface area contributed by atoms with E-state index >= 15 is 0 Å². The number of amides is 2. The molecule has 3 aromatic rings. The maximum atomic E-state index is 13.1. The molecular formula is C25H32N6O3. The zero-order valence-electron chi connectivity index (χ0n) is 20.1. The first-order valence-electron chi connectivity index (χ1n) is 11.9. The van der Waals surface area contributed by atoms with Crippen LogP contribution in [0.1, 0.15) is 49.1 Å². The maximum Gasteiger partial charge on any atom is 0.295 e. The van der Waals surface area contributed by atoms with Gasteiger partial charge in [0, 0.05) is 39.0 Å². The summed E-state index contributed by atoms with van der Waals surface area (Å²) in [5, 5.41) is 12.8. The van der Waals surface area contributed by atoms with Gasteiger partial charge in [-0.25, -0.2) is 9.36 Å². The lowest BCUT2D eigenvalue weighted by Crippen LogP contribution is -2.31. The number of benzene rings is 1. The SMILES string of the molecule is Cc1ccc(-n2nc3c(=O)n(CCCC(=O)NCCCN4CCCC4=O)nc(C)c3c2C)cc1. The van der Waals surface area contributed by atoms with Gasteiger partial charge in [0.25, 0.3) is 5.56 Å². The first kappa shape index (κ1) is 23.7. The summed E-state index contributed by atoms with van der Waals surface area (Å²) in [6.45, 7) is 8.25. The van der Waals surface area contributed by atoms with E-state index in [9.17, 15) is 14.4 Å². The molecule has 180 valence electrons. The second-order valence-electron chi connectivity index (χ2n) is 8.96. The molecular weight excluding hydrogens is 432 g/mol. The number of nitrogens with zero attached hydrogens (tertiary/aromatic N) is 5. The maximum absolute atomic E-state index is 13.1. The van der Waals surface area contributed by atoms with Crippen molar-refractivity contribution in [2.75, 3.05) is 19.6 Å². The zero-order valence-corrected chi connectivity index (χ0v) is 20.1. The standard InChI is InChI=1S/C25H32N6O3/c1-17-9-11-20(12-10-17)31-19(3)23-18(2)27-30(25(34)24(23)28-31)16-4-7-21(32)26-13-6-15-29-14-5-8-22(29)33/h9-12H,4-8,13-16H2,1-3H3,(H,26,32). The molecule has 2 aromatic heterocycles. The number of nitrogens with one attached hydrogen (secondary N) is 1. The molecule has 34 heavy (non-hydrogen) atoms. The van der Waals surface area contributed by atoms with Crippen molar-refractivity contribution < 1.29 is 9.59 Å². The van der Waals surface area contributed by atoms with E-state index in [1.165, 1.54) is 4.68 Å². The van der Waals surface area contributed by atoms with E-state index in [1.807, 2.05) is 49.9 Å². The topological polar surface area (TPSA) is 102 Å². The molecule has 3 heterocycles. The predicted octanol–water partition coefficient (Wildman–Crippen LogP) is 2.42. The molecule has 1 aliphatic heterocycles. The van der Waals surface area contributed by atoms with Crippen molar-refractivity contribution in [2.45, 2.75) is 59.4 Å². The Balaban J connectivity index is 1.35. The normalized spacial score (nSPS) is 13.7. The van der Waals surface area contributed by atoms with Gasteiger partial charge >= 0.3 is 0 Å². The Morgan fingerprint density at radius 1 is 1.03 bits per heavy atom. The molecule has 0 atom stereocenters. The molecule has 0 spiro atoms. The smallest absolute Gasteiger partial charge is 0.295 e. The molecule has 0 unspecified atom stereocenters. The van der Waals surface area contributed by atoms with E-state index in [-0.39, 0.29) is 17.4 Å². The number of hydrogen-bond donors (Lipinski definition) is 1. The summed E-state index contributed by atoms with van der Waals surface area (Å²) in [4.78, 5) is 38.7. The fourth-order valence-corrected chi connectivity index (χ4v) is 4.49. The fraction of sp³-hybridized carbons (Fsp3) is 0.480. The second-order valence-corrected chi connectivity index (χ2v) is 8.96. The van der Waals surface area contributed by atoms with Crippen LogP contribution >= 0.6 is 0 Å². The number of carbonyl (C=O) groups is 2. The second kappa shape index (κ2) is 10.2. The Morgan fingerprint density at radius 2 is 1.79 bits per heavy atom. The van der Waals surface area contributed by atoms with Crippen LogP contribution in [-0.4, -0.2) is 55.9 Å². The first-order chi connectivity index (χ1) is 16.3. The lowest BCUT2D eigenvalue weighted by molar-refractivity contribution is -0.127. The Bertz CT molecular complexity index is 1260. The lowest BCUT2D eigenvalue weighted by atomic mass is 10.2. The molecule has 1 N–H and O–H groups in total. The third-order valence-corrected chi connectivity index (χ3v) is 6.34. The van der Waals surface area contributed by atoms with Gasteiger partial charge in [-0.2, -0.15) is 10.2 Å². The number of aromatic nitrogens is 4. The fourth-order valence-electron chi connectivity index (χ4n) is 4.49. The predicted molar refractivity (Wildman–Crippen MR) is 130 cm³/mol. The monoisotopic (exact) mass is 464 g/mol. The molecule has 0 bridgehead atoms. The Labute approximate surface area is 198 Å². The number of aryl methyl sites for hydroxylation is 4. The molecule has 2 amide bonds. The van der Waals surface area contributed by atoms with E-state index in [2.05, 4.69) is 15.5 Å². The summed E-state index contributed by atoms with van der Waals surface area (Å²) in [7, 11) is 0. The molecule has 0 saturated carbocycles. The number of likely N-dealkylation sites (tertiary alicyclic amines) is 1. The first-order valence-corrected chi connectivity index (χ1v) is 11.9. The highest BCUT2D eigenvalue weighted by atomic mass is 16.2. The Morgan fingerprint density at radius 3 is 2.50 bits per heavy atom. The van der Waals surface area contributed by atoms with E-state index in [4.69, 9.17) is 0 Å². The van der Waals surface area contributed by atoms with Crippen molar-refractivity contribution in [1.29, 1.82) is 0 Å². The van der Waals surface area contributed by atoms with E-state index in [0.29, 0.717) is 44.4 Å². The number of carbonyl (C=O) groups excluding carboxylic acids is 2. The van der Waals surface area contributed by atoms with Crippen LogP contribution in [0.3, 0.4) is 0 Å². The minimum atomic E-state index is -0.245. The van der Waals surface area contributed by atoms with Crippen molar-refractivity contribution in [3.63, 3.8) is 0 Å². The molecule has 4 rings (SSSR count). The summed E-state index contributed by atoms with van der Waals surface area (Å²) >= 11 is 0. The van der Waals surface area contributed by atoms with Gasteiger partial charge in [0.1, 0.15) is 0 Å². The molecule has 1 saturated heterocycles. The molecule has 1 aliphatic rings. The third-order valence-electron chi connectivity index (χ3n) is 6.34. The molecule has 9 heteroatoms. The third kappa shape index (κ3) is 5.03. The van der Waals surface area contributed by atoms with Gasteiger partial charge in [-0.3, -0.25) is 14.4 Å². The van der Waals surface area contributed by atoms with Gasteiger partial charge in [-0.15, -0.1) is 0 Å². The van der Waals surface area contributed by atoms with Crippen molar-refractivity contribution in [1.82, 2.24) is 29.8 Å². The van der Waals surface area contributed by atoms with Crippen LogP contribution in [0.2, 0.25) is 0 Å². The van der Waals surface area contributed by atoms with Crippen LogP contribution in [0.25, 0.3) is 16.6 Å². The quantitative estimate of drug-likeness (QED) is 0.490. The van der Waals surface area contributed by atoms with Crippen molar-refractivity contribution in [2.24, 2.45) is 0 Å². The van der Waals surface area contributed by atoms with Gasteiger partial charge in [-0.05, 0) is 52.2 Å². The van der Waals surface area contributed by atoms with E-state index in [1.54, 1.807) is 4.68 Å². The summed E-state index contributed by atoms with van der Waals surface area (Å²) in [6, 6.07) is 8.00. The number of hydrogen-bond acceptors (Lipinski definition) is 5. The highest BCUT2D eigenvalue weighted by molar-refractivity contribution is 5.83. The van der Waals surface area contributed by atoms with Crippen LogP contribution in [0.15, 0.2) is 29.1 Å². The molecule has 0 radical (unpaired) electrons. The van der Waals surface area contributed by atoms with Gasteiger partial charge in [0.2, 0.25) is 11.8 Å². The highest BCUT2D eigenvalue weighted by Gasteiger charge is 2.19. The van der Waals surface area contributed by atoms with E-state index < -0.39 is 0 Å². The van der Waals surface area contributed by atoms with Crippen LogP contribution in [-0.2, 0) is 16.1 Å². The molecule has 1 aromatic carbocycles.